The van der Waals surface area contributed by atoms with Gasteiger partial charge in [0.15, 0.2) is 5.78 Å². The Morgan fingerprint density at radius 3 is 2.30 bits per heavy atom. The van der Waals surface area contributed by atoms with Gasteiger partial charge < -0.3 is 9.47 Å². The van der Waals surface area contributed by atoms with E-state index in [4.69, 9.17) is 9.47 Å². The zero-order valence-electron chi connectivity index (χ0n) is 17.3. The molecular formula is C24H30O3. The Morgan fingerprint density at radius 2 is 1.70 bits per heavy atom. The van der Waals surface area contributed by atoms with Crippen LogP contribution in [0.25, 0.3) is 0 Å². The summed E-state index contributed by atoms with van der Waals surface area (Å²) < 4.78 is 11.2. The van der Waals surface area contributed by atoms with E-state index in [2.05, 4.69) is 47.6 Å². The van der Waals surface area contributed by atoms with Gasteiger partial charge in [-0.1, -0.05) is 71.9 Å². The van der Waals surface area contributed by atoms with Crippen molar-refractivity contribution in [3.05, 3.63) is 64.7 Å². The van der Waals surface area contributed by atoms with Crippen LogP contribution in [-0.4, -0.2) is 25.1 Å². The standard InChI is InChI=1S/C24H30O3/c1-23(2,3)17-10-7-9-16(13-17)22(25)21-19(24(4,5)6)11-8-12-20(21)27-15-18-14-26-18/h7-13,18H,14-15H2,1-6H3. The van der Waals surface area contributed by atoms with E-state index in [1.165, 1.54) is 0 Å². The topological polar surface area (TPSA) is 38.8 Å². The van der Waals surface area contributed by atoms with Crippen LogP contribution in [0.1, 0.15) is 68.6 Å². The number of carbonyl (C=O) groups excluding carboxylic acids is 1. The molecule has 0 saturated carbocycles. The largest absolute Gasteiger partial charge is 0.490 e. The smallest absolute Gasteiger partial charge is 0.197 e. The lowest BCUT2D eigenvalue weighted by atomic mass is 9.80. The first kappa shape index (κ1) is 19.6. The predicted molar refractivity (Wildman–Crippen MR) is 109 cm³/mol. The van der Waals surface area contributed by atoms with E-state index in [0.717, 1.165) is 17.7 Å². The Morgan fingerprint density at radius 1 is 1.04 bits per heavy atom. The number of carbonyl (C=O) groups is 1. The van der Waals surface area contributed by atoms with Crippen molar-refractivity contribution in [2.75, 3.05) is 13.2 Å². The molecule has 1 unspecified atom stereocenters. The molecule has 0 aromatic heterocycles. The highest BCUT2D eigenvalue weighted by atomic mass is 16.6. The van der Waals surface area contributed by atoms with Crippen LogP contribution >= 0.6 is 0 Å². The average Bonchev–Trinajstić information content (AvgIpc) is 3.42. The van der Waals surface area contributed by atoms with Crippen molar-refractivity contribution in [2.24, 2.45) is 0 Å². The minimum Gasteiger partial charge on any atom is -0.490 e. The molecule has 3 rings (SSSR count). The SMILES string of the molecule is CC(C)(C)c1cccc(C(=O)c2c(OCC3CO3)cccc2C(C)(C)C)c1. The summed E-state index contributed by atoms with van der Waals surface area (Å²) in [5.74, 6) is 0.655. The summed E-state index contributed by atoms with van der Waals surface area (Å²) in [6, 6.07) is 13.8. The predicted octanol–water partition coefficient (Wildman–Crippen LogP) is 5.29. The monoisotopic (exact) mass is 366 g/mol. The van der Waals surface area contributed by atoms with Gasteiger partial charge in [-0.05, 0) is 34.1 Å². The molecule has 3 nitrogen and oxygen atoms in total. The lowest BCUT2D eigenvalue weighted by Crippen LogP contribution is -2.20. The number of ether oxygens (including phenoxy) is 2. The fourth-order valence-electron chi connectivity index (χ4n) is 3.13. The molecule has 0 bridgehead atoms. The Bertz CT molecular complexity index is 833. The summed E-state index contributed by atoms with van der Waals surface area (Å²) in [6.45, 7) is 14.1. The molecular weight excluding hydrogens is 336 g/mol. The number of rotatable bonds is 5. The van der Waals surface area contributed by atoms with Crippen molar-refractivity contribution in [1.29, 1.82) is 0 Å². The molecule has 0 radical (unpaired) electrons. The van der Waals surface area contributed by atoms with Crippen LogP contribution in [0.15, 0.2) is 42.5 Å². The van der Waals surface area contributed by atoms with Crippen LogP contribution in [0.4, 0.5) is 0 Å². The molecule has 1 atom stereocenters. The second-order valence-electron chi connectivity index (χ2n) is 9.35. The molecule has 144 valence electrons. The molecule has 1 saturated heterocycles. The zero-order chi connectivity index (χ0) is 19.8. The fourth-order valence-corrected chi connectivity index (χ4v) is 3.13. The maximum absolute atomic E-state index is 13.6. The summed E-state index contributed by atoms with van der Waals surface area (Å²) in [6.07, 6.45) is 0.149. The highest BCUT2D eigenvalue weighted by Gasteiger charge is 2.29. The molecule has 2 aromatic carbocycles. The van der Waals surface area contributed by atoms with Crippen LogP contribution in [0.2, 0.25) is 0 Å². The number of hydrogen-bond acceptors (Lipinski definition) is 3. The molecule has 2 aromatic rings. The lowest BCUT2D eigenvalue weighted by Gasteiger charge is -2.25. The van der Waals surface area contributed by atoms with Gasteiger partial charge in [-0.3, -0.25) is 4.79 Å². The minimum atomic E-state index is -0.165. The van der Waals surface area contributed by atoms with E-state index >= 15 is 0 Å². The summed E-state index contributed by atoms with van der Waals surface area (Å²) in [5.41, 5.74) is 3.34. The minimum absolute atomic E-state index is 0.0114. The molecule has 0 amide bonds. The summed E-state index contributed by atoms with van der Waals surface area (Å²) >= 11 is 0. The molecule has 27 heavy (non-hydrogen) atoms. The Kier molecular flexibility index (Phi) is 5.18. The van der Waals surface area contributed by atoms with Crippen LogP contribution in [0.3, 0.4) is 0 Å². The third-order valence-corrected chi connectivity index (χ3v) is 4.88. The Balaban J connectivity index is 2.06. The quantitative estimate of drug-likeness (QED) is 0.533. The van der Waals surface area contributed by atoms with Gasteiger partial charge in [0.2, 0.25) is 0 Å². The first-order valence-corrected chi connectivity index (χ1v) is 9.60. The van der Waals surface area contributed by atoms with Crippen LogP contribution < -0.4 is 4.74 Å². The van der Waals surface area contributed by atoms with Crippen molar-refractivity contribution >= 4 is 5.78 Å². The van der Waals surface area contributed by atoms with Crippen LogP contribution in [0.5, 0.6) is 5.75 Å². The van der Waals surface area contributed by atoms with E-state index in [0.29, 0.717) is 23.5 Å². The van der Waals surface area contributed by atoms with Gasteiger partial charge in [0.05, 0.1) is 12.2 Å². The molecule has 1 aliphatic rings. The second kappa shape index (κ2) is 7.12. The Labute approximate surface area is 162 Å². The van der Waals surface area contributed by atoms with Gasteiger partial charge >= 0.3 is 0 Å². The van der Waals surface area contributed by atoms with Gasteiger partial charge in [0.25, 0.3) is 0 Å². The van der Waals surface area contributed by atoms with Crippen LogP contribution in [-0.2, 0) is 15.6 Å². The maximum Gasteiger partial charge on any atom is 0.197 e. The maximum atomic E-state index is 13.6. The number of ketones is 1. The van der Waals surface area contributed by atoms with E-state index in [1.54, 1.807) is 0 Å². The number of hydrogen-bond donors (Lipinski definition) is 0. The third-order valence-electron chi connectivity index (χ3n) is 4.88. The van der Waals surface area contributed by atoms with Crippen molar-refractivity contribution in [2.45, 2.75) is 58.5 Å². The summed E-state index contributed by atoms with van der Waals surface area (Å²) in [4.78, 5) is 13.6. The fraction of sp³-hybridized carbons (Fsp3) is 0.458. The van der Waals surface area contributed by atoms with E-state index in [9.17, 15) is 4.79 Å². The average molecular weight is 367 g/mol. The summed E-state index contributed by atoms with van der Waals surface area (Å²) in [7, 11) is 0. The normalized spacial score (nSPS) is 16.9. The zero-order valence-corrected chi connectivity index (χ0v) is 17.3. The Hall–Kier alpha value is -2.13. The van der Waals surface area contributed by atoms with E-state index in [-0.39, 0.29) is 22.7 Å². The second-order valence-corrected chi connectivity index (χ2v) is 9.35. The van der Waals surface area contributed by atoms with Gasteiger partial charge in [0.1, 0.15) is 18.5 Å². The molecule has 0 aliphatic carbocycles. The van der Waals surface area contributed by atoms with E-state index < -0.39 is 0 Å². The van der Waals surface area contributed by atoms with Crippen molar-refractivity contribution in [3.8, 4) is 5.75 Å². The summed E-state index contributed by atoms with van der Waals surface area (Å²) in [5, 5.41) is 0. The highest BCUT2D eigenvalue weighted by molar-refractivity contribution is 6.12. The van der Waals surface area contributed by atoms with Gasteiger partial charge in [-0.2, -0.15) is 0 Å². The molecule has 0 spiro atoms. The molecule has 0 N–H and O–H groups in total. The van der Waals surface area contributed by atoms with Gasteiger partial charge in [-0.25, -0.2) is 0 Å². The third kappa shape index (κ3) is 4.59. The van der Waals surface area contributed by atoms with E-state index in [1.807, 2.05) is 36.4 Å². The van der Waals surface area contributed by atoms with Crippen molar-refractivity contribution < 1.29 is 14.3 Å². The number of benzene rings is 2. The molecule has 1 fully saturated rings. The first-order chi connectivity index (χ1) is 12.6. The van der Waals surface area contributed by atoms with Gasteiger partial charge in [0, 0.05) is 5.56 Å². The number of epoxide rings is 1. The molecule has 3 heteroatoms. The highest BCUT2D eigenvalue weighted by Crippen LogP contribution is 2.34. The first-order valence-electron chi connectivity index (χ1n) is 9.60. The van der Waals surface area contributed by atoms with Crippen molar-refractivity contribution in [3.63, 3.8) is 0 Å². The molecule has 1 heterocycles. The lowest BCUT2D eigenvalue weighted by molar-refractivity contribution is 0.103. The van der Waals surface area contributed by atoms with Crippen LogP contribution in [0, 0.1) is 0 Å². The van der Waals surface area contributed by atoms with Crippen molar-refractivity contribution in [1.82, 2.24) is 0 Å². The van der Waals surface area contributed by atoms with Gasteiger partial charge in [-0.15, -0.1) is 0 Å². The molecule has 1 aliphatic heterocycles.